The van der Waals surface area contributed by atoms with Crippen LogP contribution in [0, 0.1) is 6.42 Å². The lowest BCUT2D eigenvalue weighted by atomic mass is 10.1. The van der Waals surface area contributed by atoms with E-state index in [1.54, 1.807) is 0 Å². The van der Waals surface area contributed by atoms with Crippen LogP contribution < -0.4 is 0 Å². The van der Waals surface area contributed by atoms with E-state index in [2.05, 4.69) is 13.3 Å². The second kappa shape index (κ2) is 7.34. The molecule has 1 radical (unpaired) electrons. The molecule has 0 amide bonds. The molecule has 0 spiro atoms. The molecule has 1 saturated heterocycles. The molecule has 1 aliphatic rings. The summed E-state index contributed by atoms with van der Waals surface area (Å²) in [6.45, 7) is 3.02. The highest BCUT2D eigenvalue weighted by Gasteiger charge is 2.16. The fraction of sp³-hybridized carbons (Fsp3) is 0.909. The Morgan fingerprint density at radius 3 is 2.92 bits per heavy atom. The zero-order valence-corrected chi connectivity index (χ0v) is 8.63. The van der Waals surface area contributed by atoms with Crippen molar-refractivity contribution in [1.82, 2.24) is 0 Å². The Labute approximate surface area is 81.5 Å². The molecule has 77 valence electrons. The molecule has 1 rings (SSSR count). The van der Waals surface area contributed by atoms with Gasteiger partial charge in [-0.25, -0.2) is 9.78 Å². The average molecular weight is 185 g/mol. The number of rotatable bonds is 7. The molecule has 0 bridgehead atoms. The second-order valence-corrected chi connectivity index (χ2v) is 3.70. The van der Waals surface area contributed by atoms with Crippen LogP contribution in [0.3, 0.4) is 0 Å². The van der Waals surface area contributed by atoms with E-state index in [-0.39, 0.29) is 0 Å². The highest BCUT2D eigenvalue weighted by molar-refractivity contribution is 4.72. The molecular weight excluding hydrogens is 164 g/mol. The van der Waals surface area contributed by atoms with Crippen LogP contribution in [-0.4, -0.2) is 12.7 Å². The topological polar surface area (TPSA) is 18.5 Å². The second-order valence-electron chi connectivity index (χ2n) is 3.70. The maximum atomic E-state index is 5.05. The van der Waals surface area contributed by atoms with Gasteiger partial charge in [-0.3, -0.25) is 0 Å². The third kappa shape index (κ3) is 5.27. The predicted molar refractivity (Wildman–Crippen MR) is 53.1 cm³/mol. The van der Waals surface area contributed by atoms with Crippen LogP contribution in [0.2, 0.25) is 0 Å². The Morgan fingerprint density at radius 2 is 2.23 bits per heavy atom. The van der Waals surface area contributed by atoms with Gasteiger partial charge in [0.05, 0.1) is 12.7 Å². The monoisotopic (exact) mass is 185 g/mol. The summed E-state index contributed by atoms with van der Waals surface area (Å²) >= 11 is 0. The third-order valence-electron chi connectivity index (χ3n) is 2.42. The van der Waals surface area contributed by atoms with Crippen molar-refractivity contribution < 1.29 is 9.78 Å². The van der Waals surface area contributed by atoms with E-state index < -0.39 is 0 Å². The summed E-state index contributed by atoms with van der Waals surface area (Å²) in [5.41, 5.74) is 0. The molecule has 1 atom stereocenters. The van der Waals surface area contributed by atoms with Crippen LogP contribution in [0.1, 0.15) is 51.9 Å². The molecule has 0 aliphatic carbocycles. The van der Waals surface area contributed by atoms with Crippen molar-refractivity contribution >= 4 is 0 Å². The molecule has 2 heteroatoms. The van der Waals surface area contributed by atoms with E-state index in [0.29, 0.717) is 6.10 Å². The summed E-state index contributed by atoms with van der Waals surface area (Å²) in [7, 11) is 0. The van der Waals surface area contributed by atoms with Crippen LogP contribution >= 0.6 is 0 Å². The lowest BCUT2D eigenvalue weighted by Crippen LogP contribution is -2.03. The predicted octanol–water partition coefficient (Wildman–Crippen LogP) is 3.27. The zero-order chi connectivity index (χ0) is 9.36. The summed E-state index contributed by atoms with van der Waals surface area (Å²) in [5.74, 6) is 0. The SMILES string of the molecule is CCCCCC[CH]CC1CCOO1. The summed E-state index contributed by atoms with van der Waals surface area (Å²) in [4.78, 5) is 9.88. The standard InChI is InChI=1S/C11H21O2/c1-2-3-4-5-6-7-8-11-9-10-12-13-11/h7,11H,2-6,8-10H2,1H3. The maximum absolute atomic E-state index is 5.05. The highest BCUT2D eigenvalue weighted by atomic mass is 17.2. The molecule has 1 unspecified atom stereocenters. The minimum Gasteiger partial charge on any atom is -0.236 e. The van der Waals surface area contributed by atoms with Gasteiger partial charge in [-0.2, -0.15) is 0 Å². The minimum absolute atomic E-state index is 0.339. The molecule has 13 heavy (non-hydrogen) atoms. The fourth-order valence-electron chi connectivity index (χ4n) is 1.55. The summed E-state index contributed by atoms with van der Waals surface area (Å²) in [6, 6.07) is 0. The largest absolute Gasteiger partial charge is 0.236 e. The van der Waals surface area contributed by atoms with Crippen LogP contribution in [0.5, 0.6) is 0 Å². The van der Waals surface area contributed by atoms with Crippen molar-refractivity contribution in [3.8, 4) is 0 Å². The van der Waals surface area contributed by atoms with Gasteiger partial charge in [-0.15, -0.1) is 0 Å². The first-order chi connectivity index (χ1) is 6.43. The fourth-order valence-corrected chi connectivity index (χ4v) is 1.55. The van der Waals surface area contributed by atoms with Gasteiger partial charge in [0.1, 0.15) is 0 Å². The van der Waals surface area contributed by atoms with Gasteiger partial charge in [0, 0.05) is 6.42 Å². The molecule has 1 heterocycles. The quantitative estimate of drug-likeness (QED) is 0.447. The van der Waals surface area contributed by atoms with Gasteiger partial charge < -0.3 is 0 Å². The van der Waals surface area contributed by atoms with Crippen molar-refractivity contribution in [3.05, 3.63) is 6.42 Å². The van der Waals surface area contributed by atoms with Gasteiger partial charge in [-0.1, -0.05) is 39.0 Å². The maximum Gasteiger partial charge on any atom is 0.0955 e. The minimum atomic E-state index is 0.339. The summed E-state index contributed by atoms with van der Waals surface area (Å²) < 4.78 is 0. The Kier molecular flexibility index (Phi) is 6.21. The van der Waals surface area contributed by atoms with E-state index in [1.165, 1.54) is 32.1 Å². The number of hydrogen-bond acceptors (Lipinski definition) is 2. The van der Waals surface area contributed by atoms with Gasteiger partial charge in [0.15, 0.2) is 0 Å². The Bertz CT molecular complexity index is 109. The molecule has 1 fully saturated rings. The van der Waals surface area contributed by atoms with E-state index in [9.17, 15) is 0 Å². The van der Waals surface area contributed by atoms with Crippen molar-refractivity contribution in [2.45, 2.75) is 58.0 Å². The molecular formula is C11H21O2. The van der Waals surface area contributed by atoms with Gasteiger partial charge in [-0.05, 0) is 12.8 Å². The average Bonchev–Trinajstić information content (AvgIpc) is 2.63. The molecule has 0 aromatic carbocycles. The molecule has 0 N–H and O–H groups in total. The van der Waals surface area contributed by atoms with Crippen molar-refractivity contribution in [1.29, 1.82) is 0 Å². The first-order valence-electron chi connectivity index (χ1n) is 5.53. The van der Waals surface area contributed by atoms with Crippen molar-refractivity contribution in [2.75, 3.05) is 6.61 Å². The van der Waals surface area contributed by atoms with Crippen LogP contribution in [0.4, 0.5) is 0 Å². The van der Waals surface area contributed by atoms with Gasteiger partial charge in [0.2, 0.25) is 0 Å². The van der Waals surface area contributed by atoms with E-state index in [4.69, 9.17) is 9.78 Å². The zero-order valence-electron chi connectivity index (χ0n) is 8.63. The summed E-state index contributed by atoms with van der Waals surface area (Å²) in [5, 5.41) is 0. The normalized spacial score (nSPS) is 22.4. The molecule has 0 saturated carbocycles. The lowest BCUT2D eigenvalue weighted by molar-refractivity contribution is -0.274. The third-order valence-corrected chi connectivity index (χ3v) is 2.42. The first kappa shape index (κ1) is 11.0. The van der Waals surface area contributed by atoms with E-state index in [1.807, 2.05) is 0 Å². The Morgan fingerprint density at radius 1 is 1.31 bits per heavy atom. The smallest absolute Gasteiger partial charge is 0.0955 e. The Hall–Kier alpha value is -0.0800. The molecule has 2 nitrogen and oxygen atoms in total. The number of unbranched alkanes of at least 4 members (excludes halogenated alkanes) is 5. The molecule has 0 aromatic rings. The Balaban J connectivity index is 1.78. The van der Waals surface area contributed by atoms with Crippen molar-refractivity contribution in [2.24, 2.45) is 0 Å². The molecule has 0 aromatic heterocycles. The van der Waals surface area contributed by atoms with Crippen LogP contribution in [0.15, 0.2) is 0 Å². The van der Waals surface area contributed by atoms with Gasteiger partial charge >= 0.3 is 0 Å². The lowest BCUT2D eigenvalue weighted by Gasteiger charge is -2.05. The van der Waals surface area contributed by atoms with Crippen LogP contribution in [0.25, 0.3) is 0 Å². The number of hydrogen-bond donors (Lipinski definition) is 0. The van der Waals surface area contributed by atoms with E-state index >= 15 is 0 Å². The van der Waals surface area contributed by atoms with Crippen LogP contribution in [-0.2, 0) is 9.78 Å². The van der Waals surface area contributed by atoms with Gasteiger partial charge in [0.25, 0.3) is 0 Å². The highest BCUT2D eigenvalue weighted by Crippen LogP contribution is 2.16. The summed E-state index contributed by atoms with van der Waals surface area (Å²) in [6.07, 6.45) is 11.4. The van der Waals surface area contributed by atoms with E-state index in [0.717, 1.165) is 19.4 Å². The first-order valence-corrected chi connectivity index (χ1v) is 5.53. The van der Waals surface area contributed by atoms with Crippen molar-refractivity contribution in [3.63, 3.8) is 0 Å². The molecule has 1 aliphatic heterocycles.